The van der Waals surface area contributed by atoms with Gasteiger partial charge in [-0.3, -0.25) is 4.90 Å². The number of aryl methyl sites for hydroxylation is 1. The van der Waals surface area contributed by atoms with Crippen molar-refractivity contribution in [3.05, 3.63) is 35.4 Å². The molecule has 1 aromatic heterocycles. The van der Waals surface area contributed by atoms with Crippen LogP contribution < -0.4 is 10.2 Å². The van der Waals surface area contributed by atoms with Gasteiger partial charge in [0.05, 0.1) is 5.52 Å². The average molecular weight is 536 g/mol. The standard InChI is InChI=1S/C32H49N5S/c1-26-22-32(37-20-18-36(19-21-37)25-27-11-13-33-14-12-27)34-31-10-9-28(24-30(26)31)23-29(38)8-4-7-17-35-15-5-2-3-6-16-35/h9-10,22,24,27,33H,2-8,11-21,23,25H2,1H3. The number of nitrogens with one attached hydrogen (secondary N) is 1. The van der Waals surface area contributed by atoms with Crippen molar-refractivity contribution in [3.8, 4) is 0 Å². The molecule has 0 unspecified atom stereocenters. The molecule has 5 nitrogen and oxygen atoms in total. The number of hydrogen-bond acceptors (Lipinski definition) is 6. The first kappa shape index (κ1) is 27.9. The fourth-order valence-electron chi connectivity index (χ4n) is 6.62. The van der Waals surface area contributed by atoms with Crippen LogP contribution in [0, 0.1) is 12.8 Å². The van der Waals surface area contributed by atoms with E-state index >= 15 is 0 Å². The zero-order valence-electron chi connectivity index (χ0n) is 23.7. The second-order valence-corrected chi connectivity index (χ2v) is 12.6. The Labute approximate surface area is 236 Å². The lowest BCUT2D eigenvalue weighted by atomic mass is 9.97. The van der Waals surface area contributed by atoms with E-state index in [1.54, 1.807) is 0 Å². The number of nitrogens with zero attached hydrogens (tertiary/aromatic N) is 4. The molecule has 0 aliphatic carbocycles. The van der Waals surface area contributed by atoms with Crippen LogP contribution in [0.25, 0.3) is 10.9 Å². The van der Waals surface area contributed by atoms with Gasteiger partial charge in [-0.05, 0) is 125 Å². The van der Waals surface area contributed by atoms with Gasteiger partial charge in [-0.25, -0.2) is 4.98 Å². The number of unbranched alkanes of at least 4 members (excludes halogenated alkanes) is 1. The summed E-state index contributed by atoms with van der Waals surface area (Å²) in [6, 6.07) is 9.10. The highest BCUT2D eigenvalue weighted by molar-refractivity contribution is 7.80. The fourth-order valence-corrected chi connectivity index (χ4v) is 6.93. The number of piperazine rings is 1. The van der Waals surface area contributed by atoms with Gasteiger partial charge in [-0.2, -0.15) is 0 Å². The molecule has 0 radical (unpaired) electrons. The minimum atomic E-state index is 0.870. The Morgan fingerprint density at radius 1 is 0.921 bits per heavy atom. The summed E-state index contributed by atoms with van der Waals surface area (Å²) in [6.45, 7) is 14.2. The van der Waals surface area contributed by atoms with Gasteiger partial charge in [-0.15, -0.1) is 0 Å². The Balaban J connectivity index is 1.10. The van der Waals surface area contributed by atoms with Gasteiger partial charge in [0.15, 0.2) is 0 Å². The van der Waals surface area contributed by atoms with Crippen LogP contribution in [0.1, 0.15) is 68.9 Å². The van der Waals surface area contributed by atoms with Crippen molar-refractivity contribution in [2.45, 2.75) is 71.1 Å². The monoisotopic (exact) mass is 535 g/mol. The summed E-state index contributed by atoms with van der Waals surface area (Å²) in [5, 5.41) is 4.77. The second kappa shape index (κ2) is 14.2. The van der Waals surface area contributed by atoms with Gasteiger partial charge < -0.3 is 15.1 Å². The molecule has 3 aliphatic rings. The van der Waals surface area contributed by atoms with Crippen LogP contribution in [0.3, 0.4) is 0 Å². The molecule has 1 aromatic carbocycles. The number of pyridine rings is 1. The topological polar surface area (TPSA) is 34.6 Å². The van der Waals surface area contributed by atoms with Crippen molar-refractivity contribution < 1.29 is 0 Å². The molecule has 0 saturated carbocycles. The van der Waals surface area contributed by atoms with Gasteiger partial charge in [0.2, 0.25) is 0 Å². The van der Waals surface area contributed by atoms with E-state index in [1.165, 1.54) is 112 Å². The Kier molecular flexibility index (Phi) is 10.4. The number of fused-ring (bicyclic) bond motifs is 1. The average Bonchev–Trinajstić information content (AvgIpc) is 3.21. The zero-order valence-corrected chi connectivity index (χ0v) is 24.5. The van der Waals surface area contributed by atoms with Gasteiger partial charge in [-0.1, -0.05) is 31.1 Å². The number of likely N-dealkylation sites (tertiary alicyclic amines) is 1. The third kappa shape index (κ3) is 7.97. The zero-order chi connectivity index (χ0) is 26.2. The van der Waals surface area contributed by atoms with E-state index in [1.807, 2.05) is 0 Å². The molecule has 6 heteroatoms. The number of piperidine rings is 1. The van der Waals surface area contributed by atoms with E-state index in [0.29, 0.717) is 0 Å². The lowest BCUT2D eigenvalue weighted by Gasteiger charge is -2.38. The highest BCUT2D eigenvalue weighted by Gasteiger charge is 2.22. The van der Waals surface area contributed by atoms with E-state index in [9.17, 15) is 0 Å². The summed E-state index contributed by atoms with van der Waals surface area (Å²) in [4.78, 5) is 14.1. The number of hydrogen-bond donors (Lipinski definition) is 1. The highest BCUT2D eigenvalue weighted by atomic mass is 32.1. The molecule has 2 aromatic rings. The number of anilines is 1. The van der Waals surface area contributed by atoms with Crippen LogP contribution in [-0.2, 0) is 6.42 Å². The van der Waals surface area contributed by atoms with Gasteiger partial charge in [0, 0.05) is 44.5 Å². The van der Waals surface area contributed by atoms with Crippen molar-refractivity contribution in [3.63, 3.8) is 0 Å². The van der Waals surface area contributed by atoms with Crippen molar-refractivity contribution in [2.75, 3.05) is 70.3 Å². The molecular formula is C32H49N5S. The number of thiocarbonyl (C=S) groups is 1. The first-order valence-electron chi connectivity index (χ1n) is 15.5. The third-order valence-electron chi connectivity index (χ3n) is 9.02. The minimum absolute atomic E-state index is 0.870. The smallest absolute Gasteiger partial charge is 0.129 e. The molecule has 0 bridgehead atoms. The predicted molar refractivity (Wildman–Crippen MR) is 166 cm³/mol. The van der Waals surface area contributed by atoms with Gasteiger partial charge in [0.1, 0.15) is 5.82 Å². The number of rotatable bonds is 10. The maximum atomic E-state index is 5.81. The summed E-state index contributed by atoms with van der Waals surface area (Å²) in [7, 11) is 0. The first-order chi connectivity index (χ1) is 18.6. The van der Waals surface area contributed by atoms with E-state index < -0.39 is 0 Å². The Hall–Kier alpha value is -1.60. The molecule has 3 saturated heterocycles. The molecule has 3 aliphatic heterocycles. The lowest BCUT2D eigenvalue weighted by Crippen LogP contribution is -2.48. The van der Waals surface area contributed by atoms with E-state index in [2.05, 4.69) is 51.2 Å². The molecule has 38 heavy (non-hydrogen) atoms. The lowest BCUT2D eigenvalue weighted by molar-refractivity contribution is 0.196. The summed E-state index contributed by atoms with van der Waals surface area (Å²) >= 11 is 5.81. The first-order valence-corrected chi connectivity index (χ1v) is 15.9. The number of aromatic nitrogens is 1. The van der Waals surface area contributed by atoms with Gasteiger partial charge in [0.25, 0.3) is 0 Å². The molecule has 5 rings (SSSR count). The van der Waals surface area contributed by atoms with Crippen LogP contribution in [0.5, 0.6) is 0 Å². The molecule has 0 atom stereocenters. The largest absolute Gasteiger partial charge is 0.354 e. The fraction of sp³-hybridized carbons (Fsp3) is 0.688. The van der Waals surface area contributed by atoms with Crippen LogP contribution in [0.4, 0.5) is 5.82 Å². The molecule has 208 valence electrons. The molecule has 3 fully saturated rings. The molecule has 1 N–H and O–H groups in total. The molecular weight excluding hydrogens is 486 g/mol. The number of benzene rings is 1. The summed E-state index contributed by atoms with van der Waals surface area (Å²) in [5.41, 5.74) is 3.77. The molecule has 0 amide bonds. The highest BCUT2D eigenvalue weighted by Crippen LogP contribution is 2.25. The van der Waals surface area contributed by atoms with Crippen molar-refractivity contribution in [2.24, 2.45) is 5.92 Å². The van der Waals surface area contributed by atoms with Crippen LogP contribution >= 0.6 is 12.2 Å². The van der Waals surface area contributed by atoms with Gasteiger partial charge >= 0.3 is 0 Å². The summed E-state index contributed by atoms with van der Waals surface area (Å²) in [6.07, 6.45) is 12.7. The summed E-state index contributed by atoms with van der Waals surface area (Å²) in [5.74, 6) is 2.01. The maximum absolute atomic E-state index is 5.81. The Morgan fingerprint density at radius 2 is 1.68 bits per heavy atom. The van der Waals surface area contributed by atoms with E-state index in [-0.39, 0.29) is 0 Å². The second-order valence-electron chi connectivity index (χ2n) is 12.1. The quantitative estimate of drug-likeness (QED) is 0.314. The minimum Gasteiger partial charge on any atom is -0.354 e. The third-order valence-corrected chi connectivity index (χ3v) is 9.37. The van der Waals surface area contributed by atoms with E-state index in [4.69, 9.17) is 17.2 Å². The SMILES string of the molecule is Cc1cc(N2CCN(CC3CCNCC3)CC2)nc2ccc(CC(=S)CCCCN3CCCCCC3)cc12. The van der Waals surface area contributed by atoms with Crippen molar-refractivity contribution in [1.29, 1.82) is 0 Å². The van der Waals surface area contributed by atoms with Crippen LogP contribution in [-0.4, -0.2) is 85.1 Å². The van der Waals surface area contributed by atoms with E-state index in [0.717, 1.165) is 56.3 Å². The maximum Gasteiger partial charge on any atom is 0.129 e. The van der Waals surface area contributed by atoms with Crippen molar-refractivity contribution >= 4 is 33.8 Å². The normalized spacial score (nSPS) is 20.6. The van der Waals surface area contributed by atoms with Crippen LogP contribution in [0.2, 0.25) is 0 Å². The molecule has 0 spiro atoms. The summed E-state index contributed by atoms with van der Waals surface area (Å²) < 4.78 is 0. The Bertz CT molecular complexity index is 1030. The predicted octanol–water partition coefficient (Wildman–Crippen LogP) is 5.62. The van der Waals surface area contributed by atoms with Crippen LogP contribution in [0.15, 0.2) is 24.3 Å². The Morgan fingerprint density at radius 3 is 2.45 bits per heavy atom. The van der Waals surface area contributed by atoms with Crippen molar-refractivity contribution in [1.82, 2.24) is 20.1 Å². The molecule has 4 heterocycles.